The molecule has 0 aliphatic carbocycles. The minimum absolute atomic E-state index is 0.128. The fourth-order valence-corrected chi connectivity index (χ4v) is 1.82. The molecule has 0 amide bonds. The molecule has 0 saturated carbocycles. The van der Waals surface area contributed by atoms with Gasteiger partial charge >= 0.3 is 0 Å². The van der Waals surface area contributed by atoms with Gasteiger partial charge < -0.3 is 15.2 Å². The molecule has 4 heteroatoms. The van der Waals surface area contributed by atoms with Crippen LogP contribution in [0.2, 0.25) is 0 Å². The molecule has 108 valence electrons. The summed E-state index contributed by atoms with van der Waals surface area (Å²) >= 11 is 0. The Hall–Kier alpha value is -2.75. The monoisotopic (exact) mass is 283 g/mol. The SMILES string of the molecule is COc1ccc(C(=O)C=CNc2cc(C)ccc2O)cc1. The number of aryl methyl sites for hydroxylation is 1. The number of ketones is 1. The summed E-state index contributed by atoms with van der Waals surface area (Å²) in [7, 11) is 1.58. The summed E-state index contributed by atoms with van der Waals surface area (Å²) in [5, 5.41) is 12.6. The zero-order valence-corrected chi connectivity index (χ0v) is 12.0. The topological polar surface area (TPSA) is 58.6 Å². The maximum atomic E-state index is 12.0. The van der Waals surface area contributed by atoms with Gasteiger partial charge in [0, 0.05) is 17.8 Å². The average Bonchev–Trinajstić information content (AvgIpc) is 2.50. The van der Waals surface area contributed by atoms with Crippen LogP contribution >= 0.6 is 0 Å². The molecule has 0 atom stereocenters. The Morgan fingerprint density at radius 3 is 2.57 bits per heavy atom. The molecule has 21 heavy (non-hydrogen) atoms. The van der Waals surface area contributed by atoms with Crippen molar-refractivity contribution < 1.29 is 14.6 Å². The van der Waals surface area contributed by atoms with E-state index in [1.54, 1.807) is 43.5 Å². The highest BCUT2D eigenvalue weighted by molar-refractivity contribution is 6.04. The molecule has 0 spiro atoms. The van der Waals surface area contributed by atoms with Gasteiger partial charge in [0.2, 0.25) is 0 Å². The van der Waals surface area contributed by atoms with E-state index in [0.717, 1.165) is 5.56 Å². The Morgan fingerprint density at radius 1 is 1.19 bits per heavy atom. The molecule has 0 aliphatic rings. The van der Waals surface area contributed by atoms with Gasteiger partial charge in [-0.3, -0.25) is 4.79 Å². The Morgan fingerprint density at radius 2 is 1.90 bits per heavy atom. The Bertz CT molecular complexity index is 660. The first-order chi connectivity index (χ1) is 10.1. The van der Waals surface area contributed by atoms with E-state index in [1.807, 2.05) is 13.0 Å². The number of methoxy groups -OCH3 is 1. The number of anilines is 1. The van der Waals surface area contributed by atoms with E-state index < -0.39 is 0 Å². The lowest BCUT2D eigenvalue weighted by Crippen LogP contribution is -1.96. The molecule has 0 heterocycles. The van der Waals surface area contributed by atoms with Crippen LogP contribution in [0.15, 0.2) is 54.7 Å². The van der Waals surface area contributed by atoms with Crippen molar-refractivity contribution in [2.45, 2.75) is 6.92 Å². The summed E-state index contributed by atoms with van der Waals surface area (Å²) in [5.41, 5.74) is 2.15. The van der Waals surface area contributed by atoms with Crippen molar-refractivity contribution >= 4 is 11.5 Å². The Labute approximate surface area is 123 Å². The van der Waals surface area contributed by atoms with E-state index in [2.05, 4.69) is 5.32 Å². The number of carbonyl (C=O) groups is 1. The summed E-state index contributed by atoms with van der Waals surface area (Å²) in [6.45, 7) is 1.93. The fourth-order valence-electron chi connectivity index (χ4n) is 1.82. The zero-order chi connectivity index (χ0) is 15.2. The van der Waals surface area contributed by atoms with Crippen molar-refractivity contribution in [3.05, 3.63) is 65.9 Å². The minimum Gasteiger partial charge on any atom is -0.506 e. The predicted octanol–water partition coefficient (Wildman–Crippen LogP) is 3.52. The second-order valence-electron chi connectivity index (χ2n) is 4.59. The third-order valence-corrected chi connectivity index (χ3v) is 3.00. The number of nitrogens with one attached hydrogen (secondary N) is 1. The molecule has 2 aromatic carbocycles. The van der Waals surface area contributed by atoms with Crippen molar-refractivity contribution in [1.29, 1.82) is 0 Å². The first kappa shape index (κ1) is 14.7. The van der Waals surface area contributed by atoms with E-state index in [-0.39, 0.29) is 11.5 Å². The molecule has 0 aliphatic heterocycles. The van der Waals surface area contributed by atoms with Crippen LogP contribution in [-0.4, -0.2) is 18.0 Å². The third kappa shape index (κ3) is 3.86. The van der Waals surface area contributed by atoms with Crippen LogP contribution in [0.5, 0.6) is 11.5 Å². The molecule has 0 bridgehead atoms. The van der Waals surface area contributed by atoms with Crippen LogP contribution in [0.3, 0.4) is 0 Å². The smallest absolute Gasteiger partial charge is 0.187 e. The standard InChI is InChI=1S/C17H17NO3/c1-12-3-8-17(20)15(11-12)18-10-9-16(19)13-4-6-14(21-2)7-5-13/h3-11,18,20H,1-2H3. The van der Waals surface area contributed by atoms with Crippen LogP contribution in [0.4, 0.5) is 5.69 Å². The highest BCUT2D eigenvalue weighted by atomic mass is 16.5. The van der Waals surface area contributed by atoms with Crippen LogP contribution in [-0.2, 0) is 0 Å². The summed E-state index contributed by atoms with van der Waals surface area (Å²) in [4.78, 5) is 12.0. The first-order valence-electron chi connectivity index (χ1n) is 6.51. The van der Waals surface area contributed by atoms with Crippen molar-refractivity contribution in [3.63, 3.8) is 0 Å². The molecule has 2 aromatic rings. The number of benzene rings is 2. The van der Waals surface area contributed by atoms with Gasteiger partial charge in [-0.1, -0.05) is 6.07 Å². The fraction of sp³-hybridized carbons (Fsp3) is 0.118. The molecule has 0 radical (unpaired) electrons. The van der Waals surface area contributed by atoms with Gasteiger partial charge in [0.1, 0.15) is 11.5 Å². The largest absolute Gasteiger partial charge is 0.506 e. The predicted molar refractivity (Wildman–Crippen MR) is 82.9 cm³/mol. The summed E-state index contributed by atoms with van der Waals surface area (Å²) in [5.74, 6) is 0.720. The maximum Gasteiger partial charge on any atom is 0.187 e. The maximum absolute atomic E-state index is 12.0. The summed E-state index contributed by atoms with van der Waals surface area (Å²) < 4.78 is 5.04. The van der Waals surface area contributed by atoms with Crippen molar-refractivity contribution in [3.8, 4) is 11.5 Å². The summed E-state index contributed by atoms with van der Waals surface area (Å²) in [6.07, 6.45) is 2.94. The van der Waals surface area contributed by atoms with Gasteiger partial charge in [-0.25, -0.2) is 0 Å². The van der Waals surface area contributed by atoms with E-state index in [1.165, 1.54) is 12.3 Å². The van der Waals surface area contributed by atoms with Crippen molar-refractivity contribution in [2.75, 3.05) is 12.4 Å². The van der Waals surface area contributed by atoms with E-state index in [4.69, 9.17) is 4.74 Å². The van der Waals surface area contributed by atoms with Crippen molar-refractivity contribution in [1.82, 2.24) is 0 Å². The summed E-state index contributed by atoms with van der Waals surface area (Å²) in [6, 6.07) is 12.1. The lowest BCUT2D eigenvalue weighted by atomic mass is 10.1. The quantitative estimate of drug-likeness (QED) is 0.501. The normalized spacial score (nSPS) is 10.6. The van der Waals surface area contributed by atoms with Gasteiger partial charge in [-0.2, -0.15) is 0 Å². The van der Waals surface area contributed by atoms with Gasteiger partial charge in [0.05, 0.1) is 12.8 Å². The number of phenols is 1. The Balaban J connectivity index is 2.03. The molecule has 2 N–H and O–H groups in total. The molecule has 0 unspecified atom stereocenters. The molecule has 0 aromatic heterocycles. The van der Waals surface area contributed by atoms with Crippen LogP contribution in [0, 0.1) is 6.92 Å². The number of ether oxygens (including phenoxy) is 1. The van der Waals surface area contributed by atoms with Gasteiger partial charge in [-0.05, 0) is 48.9 Å². The molecular formula is C17H17NO3. The number of hydrogen-bond donors (Lipinski definition) is 2. The van der Waals surface area contributed by atoms with E-state index >= 15 is 0 Å². The van der Waals surface area contributed by atoms with Gasteiger partial charge in [0.25, 0.3) is 0 Å². The lowest BCUT2D eigenvalue weighted by molar-refractivity contribution is 0.104. The highest BCUT2D eigenvalue weighted by Crippen LogP contribution is 2.23. The Kier molecular flexibility index (Phi) is 4.61. The number of aromatic hydroxyl groups is 1. The molecule has 0 saturated heterocycles. The second-order valence-corrected chi connectivity index (χ2v) is 4.59. The zero-order valence-electron chi connectivity index (χ0n) is 12.0. The van der Waals surface area contributed by atoms with Crippen LogP contribution < -0.4 is 10.1 Å². The number of carbonyl (C=O) groups excluding carboxylic acids is 1. The number of allylic oxidation sites excluding steroid dienone is 1. The number of phenolic OH excluding ortho intramolecular Hbond substituents is 1. The van der Waals surface area contributed by atoms with E-state index in [9.17, 15) is 9.90 Å². The molecular weight excluding hydrogens is 266 g/mol. The number of hydrogen-bond acceptors (Lipinski definition) is 4. The number of rotatable bonds is 5. The van der Waals surface area contributed by atoms with Crippen LogP contribution in [0.25, 0.3) is 0 Å². The van der Waals surface area contributed by atoms with Gasteiger partial charge in [-0.15, -0.1) is 0 Å². The third-order valence-electron chi connectivity index (χ3n) is 3.00. The average molecular weight is 283 g/mol. The molecule has 2 rings (SSSR count). The highest BCUT2D eigenvalue weighted by Gasteiger charge is 2.02. The van der Waals surface area contributed by atoms with Gasteiger partial charge in [0.15, 0.2) is 5.78 Å². The second kappa shape index (κ2) is 6.61. The molecule has 0 fully saturated rings. The van der Waals surface area contributed by atoms with E-state index in [0.29, 0.717) is 17.0 Å². The van der Waals surface area contributed by atoms with Crippen LogP contribution in [0.1, 0.15) is 15.9 Å². The minimum atomic E-state index is -0.128. The first-order valence-corrected chi connectivity index (χ1v) is 6.51. The molecule has 4 nitrogen and oxygen atoms in total. The van der Waals surface area contributed by atoms with Crippen molar-refractivity contribution in [2.24, 2.45) is 0 Å². The lowest BCUT2D eigenvalue weighted by Gasteiger charge is -2.05.